The molecule has 1 heterocycles. The van der Waals surface area contributed by atoms with E-state index in [1.165, 1.54) is 34.4 Å². The molecule has 0 fully saturated rings. The van der Waals surface area contributed by atoms with Crippen molar-refractivity contribution in [2.24, 2.45) is 0 Å². The maximum Gasteiger partial charge on any atom is 0.239 e. The molecule has 1 aromatic carbocycles. The van der Waals surface area contributed by atoms with Crippen molar-refractivity contribution in [3.05, 3.63) is 51.4 Å². The van der Waals surface area contributed by atoms with Gasteiger partial charge in [-0.2, -0.15) is 5.26 Å². The first-order valence-electron chi connectivity index (χ1n) is 9.15. The number of rotatable bonds is 5. The lowest BCUT2D eigenvalue weighted by Gasteiger charge is -2.16. The van der Waals surface area contributed by atoms with Crippen molar-refractivity contribution >= 4 is 22.2 Å². The molecule has 0 saturated heterocycles. The van der Waals surface area contributed by atoms with Crippen LogP contribution in [0.1, 0.15) is 46.4 Å². The number of benzene rings is 1. The van der Waals surface area contributed by atoms with Crippen LogP contribution in [0.15, 0.2) is 24.3 Å². The number of hydrogen-bond acceptors (Lipinski definition) is 4. The van der Waals surface area contributed by atoms with Crippen LogP contribution in [0.25, 0.3) is 0 Å². The van der Waals surface area contributed by atoms with Gasteiger partial charge in [0.05, 0.1) is 12.1 Å². The van der Waals surface area contributed by atoms with Crippen molar-refractivity contribution in [3.63, 3.8) is 0 Å². The number of anilines is 1. The van der Waals surface area contributed by atoms with Crippen LogP contribution >= 0.6 is 11.3 Å². The summed E-state index contributed by atoms with van der Waals surface area (Å²) in [6, 6.07) is 10.7. The predicted octanol–water partition coefficient (Wildman–Crippen LogP) is 4.27. The third-order valence-corrected chi connectivity index (χ3v) is 5.98. The monoisotopic (exact) mass is 367 g/mol. The van der Waals surface area contributed by atoms with Gasteiger partial charge in [0, 0.05) is 11.4 Å². The average Bonchev–Trinajstić information content (AvgIpc) is 2.76. The Morgan fingerprint density at radius 2 is 1.96 bits per heavy atom. The first-order valence-corrected chi connectivity index (χ1v) is 9.97. The molecular weight excluding hydrogens is 342 g/mol. The van der Waals surface area contributed by atoms with Gasteiger partial charge in [0.25, 0.3) is 0 Å². The van der Waals surface area contributed by atoms with Crippen molar-refractivity contribution in [1.82, 2.24) is 4.90 Å². The minimum Gasteiger partial charge on any atom is -0.315 e. The zero-order chi connectivity index (χ0) is 18.5. The highest BCUT2D eigenvalue weighted by Gasteiger charge is 2.21. The molecule has 136 valence electrons. The molecule has 26 heavy (non-hydrogen) atoms. The van der Waals surface area contributed by atoms with Gasteiger partial charge in [0.1, 0.15) is 11.1 Å². The Bertz CT molecular complexity index is 817. The summed E-state index contributed by atoms with van der Waals surface area (Å²) in [6.07, 6.45) is 5.50. The predicted molar refractivity (Wildman–Crippen MR) is 106 cm³/mol. The fraction of sp³-hybridized carbons (Fsp3) is 0.429. The van der Waals surface area contributed by atoms with Gasteiger partial charge in [-0.15, -0.1) is 11.3 Å². The number of carbonyl (C=O) groups excluding carboxylic acids is 1. The maximum absolute atomic E-state index is 12.5. The number of nitriles is 1. The molecule has 1 amide bonds. The average molecular weight is 368 g/mol. The molecule has 0 aliphatic heterocycles. The lowest BCUT2D eigenvalue weighted by atomic mass is 10.1. The number of nitrogens with zero attached hydrogens (tertiary/aromatic N) is 2. The van der Waals surface area contributed by atoms with Gasteiger partial charge in [-0.25, -0.2) is 0 Å². The van der Waals surface area contributed by atoms with E-state index < -0.39 is 0 Å². The normalized spacial score (nSPS) is 13.8. The maximum atomic E-state index is 12.5. The number of amides is 1. The first-order chi connectivity index (χ1) is 12.6. The highest BCUT2D eigenvalue weighted by atomic mass is 32.1. The second-order valence-corrected chi connectivity index (χ2v) is 8.19. The highest BCUT2D eigenvalue weighted by molar-refractivity contribution is 7.16. The zero-order valence-electron chi connectivity index (χ0n) is 15.5. The van der Waals surface area contributed by atoms with Crippen LogP contribution in [0.2, 0.25) is 0 Å². The molecule has 0 atom stereocenters. The van der Waals surface area contributed by atoms with Crippen LogP contribution in [0.5, 0.6) is 0 Å². The van der Waals surface area contributed by atoms with Crippen molar-refractivity contribution in [2.45, 2.75) is 45.6 Å². The fourth-order valence-electron chi connectivity index (χ4n) is 3.42. The lowest BCUT2D eigenvalue weighted by Crippen LogP contribution is -2.29. The molecule has 1 aliphatic carbocycles. The summed E-state index contributed by atoms with van der Waals surface area (Å²) in [6.45, 7) is 3.09. The summed E-state index contributed by atoms with van der Waals surface area (Å²) in [5.41, 5.74) is 4.27. The van der Waals surface area contributed by atoms with Crippen LogP contribution in [0.3, 0.4) is 0 Å². The minimum absolute atomic E-state index is 0.0625. The minimum atomic E-state index is -0.0625. The van der Waals surface area contributed by atoms with E-state index in [0.29, 0.717) is 12.1 Å². The van der Waals surface area contributed by atoms with Gasteiger partial charge in [-0.3, -0.25) is 9.69 Å². The summed E-state index contributed by atoms with van der Waals surface area (Å²) in [5.74, 6) is -0.0625. The molecule has 1 aliphatic rings. The fourth-order valence-corrected chi connectivity index (χ4v) is 4.68. The van der Waals surface area contributed by atoms with Crippen molar-refractivity contribution in [2.75, 3.05) is 18.9 Å². The highest BCUT2D eigenvalue weighted by Crippen LogP contribution is 2.36. The Morgan fingerprint density at radius 3 is 2.69 bits per heavy atom. The summed E-state index contributed by atoms with van der Waals surface area (Å²) < 4.78 is 0. The number of fused-ring (bicyclic) bond motifs is 1. The number of hydrogen-bond donors (Lipinski definition) is 1. The molecule has 5 heteroatoms. The molecular formula is C21H25N3OS. The molecule has 0 spiro atoms. The number of aryl methyl sites for hydroxylation is 2. The van der Waals surface area contributed by atoms with Crippen molar-refractivity contribution < 1.29 is 4.79 Å². The third kappa shape index (κ3) is 4.51. The molecule has 0 bridgehead atoms. The van der Waals surface area contributed by atoms with E-state index in [2.05, 4.69) is 42.6 Å². The van der Waals surface area contributed by atoms with Crippen LogP contribution < -0.4 is 5.32 Å². The number of carbonyl (C=O) groups is 1. The number of nitrogens with one attached hydrogen (secondary N) is 1. The van der Waals surface area contributed by atoms with Gasteiger partial charge in [0.2, 0.25) is 5.91 Å². The summed E-state index contributed by atoms with van der Waals surface area (Å²) in [5, 5.41) is 13.3. The second kappa shape index (κ2) is 8.48. The van der Waals surface area contributed by atoms with E-state index >= 15 is 0 Å². The molecule has 3 rings (SSSR count). The van der Waals surface area contributed by atoms with E-state index in [0.717, 1.165) is 30.8 Å². The number of likely N-dealkylation sites (N-methyl/N-ethyl adjacent to an activating group) is 1. The topological polar surface area (TPSA) is 56.1 Å². The van der Waals surface area contributed by atoms with Gasteiger partial charge in [0.15, 0.2) is 0 Å². The van der Waals surface area contributed by atoms with Crippen LogP contribution in [-0.4, -0.2) is 24.4 Å². The SMILES string of the molecule is Cc1ccc(CN(C)CC(=O)Nc2sc3c(c2C#N)CCCCC3)cc1. The van der Waals surface area contributed by atoms with Crippen molar-refractivity contribution in [1.29, 1.82) is 5.26 Å². The quantitative estimate of drug-likeness (QED) is 0.803. The van der Waals surface area contributed by atoms with E-state index in [-0.39, 0.29) is 5.91 Å². The van der Waals surface area contributed by atoms with Gasteiger partial charge < -0.3 is 5.32 Å². The van der Waals surface area contributed by atoms with E-state index in [1.54, 1.807) is 11.3 Å². The molecule has 2 aromatic rings. The Hall–Kier alpha value is -2.16. The lowest BCUT2D eigenvalue weighted by molar-refractivity contribution is -0.117. The largest absolute Gasteiger partial charge is 0.315 e. The summed E-state index contributed by atoms with van der Waals surface area (Å²) >= 11 is 1.59. The second-order valence-electron chi connectivity index (χ2n) is 7.09. The van der Waals surface area contributed by atoms with E-state index in [9.17, 15) is 10.1 Å². The van der Waals surface area contributed by atoms with Crippen LogP contribution in [0.4, 0.5) is 5.00 Å². The van der Waals surface area contributed by atoms with Gasteiger partial charge >= 0.3 is 0 Å². The molecule has 0 unspecified atom stereocenters. The molecule has 0 radical (unpaired) electrons. The van der Waals surface area contributed by atoms with E-state index in [4.69, 9.17) is 0 Å². The smallest absolute Gasteiger partial charge is 0.239 e. The Labute approximate surface area is 159 Å². The molecule has 0 saturated carbocycles. The Morgan fingerprint density at radius 1 is 1.23 bits per heavy atom. The molecule has 1 N–H and O–H groups in total. The Kier molecular flexibility index (Phi) is 6.08. The standard InChI is InChI=1S/C21H25N3OS/c1-15-8-10-16(11-9-15)13-24(2)14-20(25)23-21-18(12-22)17-6-4-3-5-7-19(17)26-21/h8-11H,3-7,13-14H2,1-2H3,(H,23,25). The zero-order valence-corrected chi connectivity index (χ0v) is 16.3. The van der Waals surface area contributed by atoms with Crippen LogP contribution in [-0.2, 0) is 24.2 Å². The number of thiophene rings is 1. The first kappa shape index (κ1) is 18.6. The molecule has 4 nitrogen and oxygen atoms in total. The van der Waals surface area contributed by atoms with Crippen molar-refractivity contribution in [3.8, 4) is 6.07 Å². The Balaban J connectivity index is 1.63. The van der Waals surface area contributed by atoms with Gasteiger partial charge in [-0.05, 0) is 50.8 Å². The van der Waals surface area contributed by atoms with Gasteiger partial charge in [-0.1, -0.05) is 36.2 Å². The summed E-state index contributed by atoms with van der Waals surface area (Å²) in [7, 11) is 1.94. The van der Waals surface area contributed by atoms with Crippen LogP contribution in [0, 0.1) is 18.3 Å². The van der Waals surface area contributed by atoms with E-state index in [1.807, 2.05) is 11.9 Å². The molecule has 1 aromatic heterocycles. The summed E-state index contributed by atoms with van der Waals surface area (Å²) in [4.78, 5) is 15.7. The third-order valence-electron chi connectivity index (χ3n) is 4.77.